The maximum atomic E-state index is 13.2. The predicted molar refractivity (Wildman–Crippen MR) is 118 cm³/mol. The highest BCUT2D eigenvalue weighted by atomic mass is 35.5. The molecule has 34 heavy (non-hydrogen) atoms. The molecule has 0 aliphatic carbocycles. The van der Waals surface area contributed by atoms with E-state index in [1.54, 1.807) is 36.1 Å². The number of nitrogens with zero attached hydrogens (tertiary/aromatic N) is 2. The number of ether oxygens (including phenoxy) is 1. The highest BCUT2D eigenvalue weighted by Gasteiger charge is 2.32. The molecule has 3 aromatic rings. The van der Waals surface area contributed by atoms with E-state index in [1.165, 1.54) is 30.5 Å². The number of rotatable bonds is 6. The van der Waals surface area contributed by atoms with E-state index >= 15 is 0 Å². The van der Waals surface area contributed by atoms with Crippen molar-refractivity contribution >= 4 is 23.5 Å². The lowest BCUT2D eigenvalue weighted by molar-refractivity contribution is -0.153. The van der Waals surface area contributed by atoms with Gasteiger partial charge in [0.2, 0.25) is 0 Å². The molecular formula is C24H18ClF3N2O4. The zero-order valence-electron chi connectivity index (χ0n) is 17.8. The Morgan fingerprint density at radius 2 is 1.97 bits per heavy atom. The van der Waals surface area contributed by atoms with E-state index in [4.69, 9.17) is 16.3 Å². The maximum absolute atomic E-state index is 13.2. The summed E-state index contributed by atoms with van der Waals surface area (Å²) < 4.78 is 42.0. The minimum atomic E-state index is -4.48. The normalized spacial score (nSPS) is 14.1. The van der Waals surface area contributed by atoms with E-state index in [2.05, 4.69) is 4.98 Å². The SMILES string of the molecule is CC(c1ccc(OCC(F)(F)F)c(Cl)c1)N1Cc2ccc(-c3cc(C(=O)O)ccn3)cc2C1=O. The number of hydrogen-bond donors (Lipinski definition) is 1. The zero-order chi connectivity index (χ0) is 24.6. The highest BCUT2D eigenvalue weighted by Crippen LogP contribution is 2.36. The van der Waals surface area contributed by atoms with Crippen LogP contribution in [0.25, 0.3) is 11.3 Å². The second-order valence-corrected chi connectivity index (χ2v) is 8.22. The van der Waals surface area contributed by atoms with Gasteiger partial charge in [-0.05, 0) is 48.4 Å². The van der Waals surface area contributed by atoms with Crippen LogP contribution in [0.1, 0.15) is 44.8 Å². The first kappa shape index (κ1) is 23.6. The van der Waals surface area contributed by atoms with Crippen molar-refractivity contribution in [1.29, 1.82) is 0 Å². The van der Waals surface area contributed by atoms with E-state index in [1.807, 2.05) is 0 Å². The van der Waals surface area contributed by atoms with Gasteiger partial charge >= 0.3 is 12.1 Å². The zero-order valence-corrected chi connectivity index (χ0v) is 18.5. The summed E-state index contributed by atoms with van der Waals surface area (Å²) in [5.74, 6) is -1.40. The molecule has 2 aromatic carbocycles. The fourth-order valence-electron chi connectivity index (χ4n) is 3.75. The molecule has 0 radical (unpaired) electrons. The number of carboxylic acids is 1. The fourth-order valence-corrected chi connectivity index (χ4v) is 3.99. The molecule has 0 bridgehead atoms. The van der Waals surface area contributed by atoms with Crippen molar-refractivity contribution in [3.8, 4) is 17.0 Å². The maximum Gasteiger partial charge on any atom is 0.422 e. The van der Waals surface area contributed by atoms with Gasteiger partial charge < -0.3 is 14.7 Å². The number of aromatic nitrogens is 1. The van der Waals surface area contributed by atoms with Crippen LogP contribution in [0.5, 0.6) is 5.75 Å². The molecule has 0 saturated carbocycles. The molecule has 1 unspecified atom stereocenters. The van der Waals surface area contributed by atoms with Crippen LogP contribution in [-0.2, 0) is 6.54 Å². The number of halogens is 4. The summed E-state index contributed by atoms with van der Waals surface area (Å²) in [6.07, 6.45) is -3.08. The van der Waals surface area contributed by atoms with Crippen molar-refractivity contribution in [3.63, 3.8) is 0 Å². The van der Waals surface area contributed by atoms with E-state index in [9.17, 15) is 27.9 Å². The third kappa shape index (κ3) is 4.84. The number of carboxylic acid groups (broad SMARTS) is 1. The lowest BCUT2D eigenvalue weighted by Gasteiger charge is -2.25. The molecule has 10 heteroatoms. The molecule has 6 nitrogen and oxygen atoms in total. The first-order valence-electron chi connectivity index (χ1n) is 10.2. The van der Waals surface area contributed by atoms with Crippen LogP contribution >= 0.6 is 11.6 Å². The van der Waals surface area contributed by atoms with Crippen molar-refractivity contribution in [2.24, 2.45) is 0 Å². The van der Waals surface area contributed by atoms with Crippen molar-refractivity contribution in [2.75, 3.05) is 6.61 Å². The van der Waals surface area contributed by atoms with Crippen LogP contribution in [-0.4, -0.2) is 39.7 Å². The molecule has 1 N–H and O–H groups in total. The van der Waals surface area contributed by atoms with Gasteiger partial charge in [-0.2, -0.15) is 13.2 Å². The summed E-state index contributed by atoms with van der Waals surface area (Å²) in [4.78, 5) is 30.2. The molecule has 2 heterocycles. The average Bonchev–Trinajstić information content (AvgIpc) is 3.13. The van der Waals surface area contributed by atoms with Crippen LogP contribution in [0.15, 0.2) is 54.7 Å². The Morgan fingerprint density at radius 1 is 1.21 bits per heavy atom. The fraction of sp³-hybridized carbons (Fsp3) is 0.208. The summed E-state index contributed by atoms with van der Waals surface area (Å²) in [5.41, 5.74) is 3.05. The molecular weight excluding hydrogens is 473 g/mol. The second-order valence-electron chi connectivity index (χ2n) is 7.81. The van der Waals surface area contributed by atoms with Crippen molar-refractivity contribution in [2.45, 2.75) is 25.7 Å². The molecule has 1 atom stereocenters. The van der Waals surface area contributed by atoms with Crippen molar-refractivity contribution in [3.05, 3.63) is 82.0 Å². The first-order chi connectivity index (χ1) is 16.0. The monoisotopic (exact) mass is 490 g/mol. The number of aromatic carboxylic acids is 1. The first-order valence-corrected chi connectivity index (χ1v) is 10.5. The quantitative estimate of drug-likeness (QED) is 0.475. The third-order valence-corrected chi connectivity index (χ3v) is 5.84. The minimum absolute atomic E-state index is 0.0180. The molecule has 0 saturated heterocycles. The lowest BCUT2D eigenvalue weighted by Crippen LogP contribution is -2.27. The van der Waals surface area contributed by atoms with Gasteiger partial charge in [-0.25, -0.2) is 4.79 Å². The lowest BCUT2D eigenvalue weighted by atomic mass is 10.0. The van der Waals surface area contributed by atoms with E-state index in [-0.39, 0.29) is 22.2 Å². The van der Waals surface area contributed by atoms with Crippen LogP contribution in [0.4, 0.5) is 13.2 Å². The Hall–Kier alpha value is -3.59. The number of fused-ring (bicyclic) bond motifs is 1. The number of carbonyl (C=O) groups excluding carboxylic acids is 1. The van der Waals surface area contributed by atoms with Crippen LogP contribution in [0, 0.1) is 0 Å². The Labute approximate surface area is 197 Å². The molecule has 1 aromatic heterocycles. The Kier molecular flexibility index (Phi) is 6.22. The summed E-state index contributed by atoms with van der Waals surface area (Å²) in [6.45, 7) is 0.681. The largest absolute Gasteiger partial charge is 0.483 e. The number of alkyl halides is 3. The summed E-state index contributed by atoms with van der Waals surface area (Å²) in [6, 6.07) is 12.1. The van der Waals surface area contributed by atoms with E-state index < -0.39 is 24.8 Å². The Balaban J connectivity index is 1.55. The second kappa shape index (κ2) is 8.98. The van der Waals surface area contributed by atoms with Gasteiger partial charge in [-0.3, -0.25) is 9.78 Å². The molecule has 0 fully saturated rings. The van der Waals surface area contributed by atoms with Gasteiger partial charge in [0.1, 0.15) is 5.75 Å². The number of amides is 1. The van der Waals surface area contributed by atoms with Gasteiger partial charge in [0.25, 0.3) is 5.91 Å². The Bertz CT molecular complexity index is 1280. The van der Waals surface area contributed by atoms with E-state index in [0.717, 1.165) is 5.56 Å². The topological polar surface area (TPSA) is 79.7 Å². The summed E-state index contributed by atoms with van der Waals surface area (Å²) >= 11 is 6.11. The molecule has 1 amide bonds. The Morgan fingerprint density at radius 3 is 2.65 bits per heavy atom. The van der Waals surface area contributed by atoms with Crippen molar-refractivity contribution < 1.29 is 32.6 Å². The van der Waals surface area contributed by atoms with Gasteiger partial charge in [0.15, 0.2) is 6.61 Å². The molecule has 4 rings (SSSR count). The highest BCUT2D eigenvalue weighted by molar-refractivity contribution is 6.32. The van der Waals surface area contributed by atoms with E-state index in [0.29, 0.717) is 28.9 Å². The number of benzene rings is 2. The summed E-state index contributed by atoms with van der Waals surface area (Å²) in [5, 5.41) is 9.22. The van der Waals surface area contributed by atoms with Crippen molar-refractivity contribution in [1.82, 2.24) is 9.88 Å². The summed E-state index contributed by atoms with van der Waals surface area (Å²) in [7, 11) is 0. The molecule has 1 aliphatic heterocycles. The average molecular weight is 491 g/mol. The predicted octanol–water partition coefficient (Wildman–Crippen LogP) is 5.76. The molecule has 1 aliphatic rings. The van der Waals surface area contributed by atoms with Crippen LogP contribution in [0.2, 0.25) is 5.02 Å². The standard InChI is InChI=1S/C24H18ClF3N2O4/c1-13(14-4-5-21(19(25)9-14)34-12-24(26,27)28)30-11-17-3-2-15(8-18(17)22(30)31)20-10-16(23(32)33)6-7-29-20/h2-10,13H,11-12H2,1H3,(H,32,33). The van der Waals surface area contributed by atoms with Gasteiger partial charge in [0, 0.05) is 23.9 Å². The molecule has 176 valence electrons. The number of pyridine rings is 1. The molecule has 0 spiro atoms. The van der Waals surface area contributed by atoms with Gasteiger partial charge in [-0.1, -0.05) is 29.8 Å². The third-order valence-electron chi connectivity index (χ3n) is 5.54. The number of hydrogen-bond acceptors (Lipinski definition) is 4. The van der Waals surface area contributed by atoms with Gasteiger partial charge in [0.05, 0.1) is 22.3 Å². The minimum Gasteiger partial charge on any atom is -0.483 e. The van der Waals surface area contributed by atoms with Gasteiger partial charge in [-0.15, -0.1) is 0 Å². The van der Waals surface area contributed by atoms with Crippen LogP contribution in [0.3, 0.4) is 0 Å². The smallest absolute Gasteiger partial charge is 0.422 e. The van der Waals surface area contributed by atoms with Crippen LogP contribution < -0.4 is 4.74 Å². The number of carbonyl (C=O) groups is 2.